The third-order valence-corrected chi connectivity index (χ3v) is 3.04. The minimum absolute atomic E-state index is 0.232. The van der Waals surface area contributed by atoms with Gasteiger partial charge in [-0.1, -0.05) is 11.6 Å². The summed E-state index contributed by atoms with van der Waals surface area (Å²) in [7, 11) is 0. The van der Waals surface area contributed by atoms with Crippen molar-refractivity contribution in [2.45, 2.75) is 0 Å². The first-order chi connectivity index (χ1) is 8.72. The van der Waals surface area contributed by atoms with Gasteiger partial charge in [-0.15, -0.1) is 0 Å². The van der Waals surface area contributed by atoms with E-state index in [1.807, 2.05) is 0 Å². The summed E-state index contributed by atoms with van der Waals surface area (Å²) in [6.07, 6.45) is 1.62. The summed E-state index contributed by atoms with van der Waals surface area (Å²) < 4.78 is 16.9. The lowest BCUT2D eigenvalue weighted by Gasteiger charge is -2.07. The van der Waals surface area contributed by atoms with Crippen LogP contribution in [-0.2, 0) is 0 Å². The number of aromatic nitrogens is 1. The van der Waals surface area contributed by atoms with E-state index in [1.54, 1.807) is 30.5 Å². The number of ether oxygens (including phenoxy) is 3. The summed E-state index contributed by atoms with van der Waals surface area (Å²) in [4.78, 5) is 4.09. The minimum atomic E-state index is 0.232. The van der Waals surface area contributed by atoms with Crippen molar-refractivity contribution in [1.29, 1.82) is 0 Å². The normalized spacial score (nSPS) is 12.6. The van der Waals surface area contributed by atoms with E-state index in [0.717, 1.165) is 4.47 Å². The van der Waals surface area contributed by atoms with Gasteiger partial charge in [0.05, 0.1) is 0 Å². The highest BCUT2D eigenvalue weighted by atomic mass is 79.9. The molecule has 4 nitrogen and oxygen atoms in total. The summed E-state index contributed by atoms with van der Waals surface area (Å²) in [5, 5.41) is 0.432. The maximum Gasteiger partial charge on any atom is 0.238 e. The van der Waals surface area contributed by atoms with Crippen molar-refractivity contribution in [3.63, 3.8) is 0 Å². The molecule has 0 fully saturated rings. The Labute approximate surface area is 117 Å². The van der Waals surface area contributed by atoms with Gasteiger partial charge >= 0.3 is 0 Å². The maximum atomic E-state index is 6.02. The predicted octanol–water partition coefficient (Wildman–Crippen LogP) is 4.02. The number of benzene rings is 1. The van der Waals surface area contributed by atoms with Gasteiger partial charge in [0, 0.05) is 16.7 Å². The molecule has 0 saturated carbocycles. The van der Waals surface area contributed by atoms with Crippen molar-refractivity contribution >= 4 is 27.5 Å². The molecule has 1 aliphatic rings. The Hall–Kier alpha value is -1.46. The number of halogens is 2. The zero-order valence-corrected chi connectivity index (χ0v) is 11.4. The van der Waals surface area contributed by atoms with Crippen LogP contribution in [0.5, 0.6) is 23.1 Å². The van der Waals surface area contributed by atoms with E-state index >= 15 is 0 Å². The van der Waals surface area contributed by atoms with Gasteiger partial charge in [-0.3, -0.25) is 0 Å². The van der Waals surface area contributed by atoms with Gasteiger partial charge in [0.25, 0.3) is 0 Å². The van der Waals surface area contributed by atoms with Crippen LogP contribution in [-0.4, -0.2) is 11.8 Å². The van der Waals surface area contributed by atoms with Gasteiger partial charge in [0.15, 0.2) is 11.5 Å². The molecule has 0 radical (unpaired) electrons. The van der Waals surface area contributed by atoms with Gasteiger partial charge < -0.3 is 14.2 Å². The fraction of sp³-hybridized carbons (Fsp3) is 0.0833. The quantitative estimate of drug-likeness (QED) is 0.835. The van der Waals surface area contributed by atoms with Crippen molar-refractivity contribution in [3.8, 4) is 23.1 Å². The molecule has 18 heavy (non-hydrogen) atoms. The lowest BCUT2D eigenvalue weighted by molar-refractivity contribution is 0.174. The van der Waals surface area contributed by atoms with Gasteiger partial charge in [-0.2, -0.15) is 0 Å². The average Bonchev–Trinajstić information content (AvgIpc) is 2.80. The van der Waals surface area contributed by atoms with Gasteiger partial charge in [0.1, 0.15) is 10.8 Å². The van der Waals surface area contributed by atoms with E-state index in [4.69, 9.17) is 25.8 Å². The summed E-state index contributed by atoms with van der Waals surface area (Å²) in [6.45, 7) is 0.232. The van der Waals surface area contributed by atoms with Crippen LogP contribution >= 0.6 is 27.5 Å². The SMILES string of the molecule is Clc1cc(Br)cnc1Oc1ccc2c(c1)OCO2. The van der Waals surface area contributed by atoms with E-state index in [-0.39, 0.29) is 6.79 Å². The molecule has 92 valence electrons. The zero-order chi connectivity index (χ0) is 12.5. The molecule has 1 aromatic carbocycles. The van der Waals surface area contributed by atoms with Gasteiger partial charge in [0.2, 0.25) is 12.7 Å². The monoisotopic (exact) mass is 327 g/mol. The van der Waals surface area contributed by atoms with Crippen molar-refractivity contribution in [3.05, 3.63) is 40.0 Å². The van der Waals surface area contributed by atoms with Crippen molar-refractivity contribution < 1.29 is 14.2 Å². The topological polar surface area (TPSA) is 40.6 Å². The van der Waals surface area contributed by atoms with E-state index in [0.29, 0.717) is 28.2 Å². The molecule has 2 heterocycles. The largest absolute Gasteiger partial charge is 0.454 e. The first-order valence-electron chi connectivity index (χ1n) is 5.11. The Morgan fingerprint density at radius 2 is 2.06 bits per heavy atom. The molecule has 0 unspecified atom stereocenters. The van der Waals surface area contributed by atoms with E-state index < -0.39 is 0 Å². The highest BCUT2D eigenvalue weighted by molar-refractivity contribution is 9.10. The molecule has 0 saturated heterocycles. The minimum Gasteiger partial charge on any atom is -0.454 e. The Morgan fingerprint density at radius 1 is 1.22 bits per heavy atom. The number of nitrogens with zero attached hydrogens (tertiary/aromatic N) is 1. The van der Waals surface area contributed by atoms with Crippen LogP contribution in [0.25, 0.3) is 0 Å². The first kappa shape index (κ1) is 11.6. The van der Waals surface area contributed by atoms with Gasteiger partial charge in [-0.05, 0) is 34.1 Å². The van der Waals surface area contributed by atoms with Crippen LogP contribution in [0.3, 0.4) is 0 Å². The first-order valence-corrected chi connectivity index (χ1v) is 6.28. The molecule has 6 heteroatoms. The second-order valence-corrected chi connectivity index (χ2v) is 4.88. The molecule has 0 spiro atoms. The fourth-order valence-electron chi connectivity index (χ4n) is 1.53. The van der Waals surface area contributed by atoms with Gasteiger partial charge in [-0.25, -0.2) is 4.98 Å². The number of rotatable bonds is 2. The van der Waals surface area contributed by atoms with E-state index in [2.05, 4.69) is 20.9 Å². The van der Waals surface area contributed by atoms with Crippen molar-refractivity contribution in [1.82, 2.24) is 4.98 Å². The van der Waals surface area contributed by atoms with Crippen LogP contribution in [0.2, 0.25) is 5.02 Å². The predicted molar refractivity (Wildman–Crippen MR) is 69.6 cm³/mol. The average molecular weight is 329 g/mol. The molecule has 1 aliphatic heterocycles. The van der Waals surface area contributed by atoms with Crippen LogP contribution < -0.4 is 14.2 Å². The van der Waals surface area contributed by atoms with Crippen LogP contribution in [0.1, 0.15) is 0 Å². The molecule has 2 aromatic rings. The third-order valence-electron chi connectivity index (χ3n) is 2.33. The van der Waals surface area contributed by atoms with Crippen LogP contribution in [0.15, 0.2) is 34.9 Å². The summed E-state index contributed by atoms with van der Waals surface area (Å²) in [6, 6.07) is 7.01. The second kappa shape index (κ2) is 4.66. The second-order valence-electron chi connectivity index (χ2n) is 3.56. The van der Waals surface area contributed by atoms with Crippen molar-refractivity contribution in [2.24, 2.45) is 0 Å². The van der Waals surface area contributed by atoms with Crippen LogP contribution in [0, 0.1) is 0 Å². The van der Waals surface area contributed by atoms with Crippen molar-refractivity contribution in [2.75, 3.05) is 6.79 Å². The molecule has 0 bridgehead atoms. The summed E-state index contributed by atoms with van der Waals surface area (Å²) in [5.41, 5.74) is 0. The molecular formula is C12H7BrClNO3. The number of hydrogen-bond donors (Lipinski definition) is 0. The third kappa shape index (κ3) is 2.23. The lowest BCUT2D eigenvalue weighted by atomic mass is 10.3. The number of hydrogen-bond acceptors (Lipinski definition) is 4. The molecule has 0 amide bonds. The standard InChI is InChI=1S/C12H7BrClNO3/c13-7-3-9(14)12(15-5-7)18-8-1-2-10-11(4-8)17-6-16-10/h1-5H,6H2. The molecule has 1 aromatic heterocycles. The Morgan fingerprint density at radius 3 is 2.89 bits per heavy atom. The Kier molecular flexibility index (Phi) is 3.01. The Bertz CT molecular complexity index is 606. The zero-order valence-electron chi connectivity index (χ0n) is 9.02. The number of pyridine rings is 1. The Balaban J connectivity index is 1.88. The molecule has 0 N–H and O–H groups in total. The van der Waals surface area contributed by atoms with Crippen LogP contribution in [0.4, 0.5) is 0 Å². The molecular weight excluding hydrogens is 321 g/mol. The molecule has 0 aliphatic carbocycles. The smallest absolute Gasteiger partial charge is 0.238 e. The maximum absolute atomic E-state index is 6.02. The van der Waals surface area contributed by atoms with E-state index in [9.17, 15) is 0 Å². The highest BCUT2D eigenvalue weighted by Crippen LogP contribution is 2.37. The fourth-order valence-corrected chi connectivity index (χ4v) is 2.20. The molecule has 3 rings (SSSR count). The van der Waals surface area contributed by atoms with E-state index in [1.165, 1.54) is 0 Å². The lowest BCUT2D eigenvalue weighted by Crippen LogP contribution is -1.93. The highest BCUT2D eigenvalue weighted by Gasteiger charge is 2.14. The molecule has 0 atom stereocenters. The summed E-state index contributed by atoms with van der Waals surface area (Å²) in [5.74, 6) is 2.30. The summed E-state index contributed by atoms with van der Waals surface area (Å²) >= 11 is 9.31. The number of fused-ring (bicyclic) bond motifs is 1.